The predicted octanol–water partition coefficient (Wildman–Crippen LogP) is 2.29. The van der Waals surface area contributed by atoms with Gasteiger partial charge in [-0.2, -0.15) is 0 Å². The molecule has 0 aliphatic heterocycles. The standard InChI is InChI=1S/C13H13N3O3S2/c1-18-9-4-3-8(7-10(9)19-2)11(17)15-12(20)16-13-14-5-6-21-13/h3-7H,1-2H3,(H2,14,15,16,17,20). The molecule has 1 amide bonds. The zero-order chi connectivity index (χ0) is 15.2. The molecule has 0 aliphatic rings. The van der Waals surface area contributed by atoms with Gasteiger partial charge in [-0.3, -0.25) is 10.1 Å². The highest BCUT2D eigenvalue weighted by atomic mass is 32.1. The Bertz CT molecular complexity index is 644. The molecule has 1 heterocycles. The van der Waals surface area contributed by atoms with Crippen LogP contribution in [0.1, 0.15) is 10.4 Å². The molecule has 0 saturated heterocycles. The topological polar surface area (TPSA) is 72.5 Å². The molecule has 1 aromatic carbocycles. The minimum absolute atomic E-state index is 0.185. The molecule has 0 unspecified atom stereocenters. The molecule has 8 heteroatoms. The van der Waals surface area contributed by atoms with Gasteiger partial charge in [-0.1, -0.05) is 0 Å². The molecule has 2 aromatic rings. The van der Waals surface area contributed by atoms with Crippen LogP contribution in [0.5, 0.6) is 11.5 Å². The predicted molar refractivity (Wildman–Crippen MR) is 85.3 cm³/mol. The number of benzene rings is 1. The number of carbonyl (C=O) groups excluding carboxylic acids is 1. The largest absolute Gasteiger partial charge is 0.493 e. The normalized spacial score (nSPS) is 9.81. The first-order valence-corrected chi connectivity index (χ1v) is 7.16. The fourth-order valence-electron chi connectivity index (χ4n) is 1.57. The summed E-state index contributed by atoms with van der Waals surface area (Å²) in [6, 6.07) is 4.87. The molecule has 0 fully saturated rings. The summed E-state index contributed by atoms with van der Waals surface area (Å²) in [6.07, 6.45) is 1.64. The number of hydrogen-bond donors (Lipinski definition) is 2. The summed E-state index contributed by atoms with van der Waals surface area (Å²) in [5.41, 5.74) is 0.413. The lowest BCUT2D eigenvalue weighted by Gasteiger charge is -2.10. The number of anilines is 1. The maximum Gasteiger partial charge on any atom is 0.257 e. The molecule has 0 spiro atoms. The molecule has 0 saturated carbocycles. The number of rotatable bonds is 4. The molecule has 0 aliphatic carbocycles. The lowest BCUT2D eigenvalue weighted by Crippen LogP contribution is -2.34. The van der Waals surface area contributed by atoms with Crippen LogP contribution in [-0.4, -0.2) is 30.2 Å². The number of methoxy groups -OCH3 is 2. The van der Waals surface area contributed by atoms with E-state index >= 15 is 0 Å². The van der Waals surface area contributed by atoms with Crippen molar-refractivity contribution in [2.45, 2.75) is 0 Å². The van der Waals surface area contributed by atoms with Crippen LogP contribution in [0.3, 0.4) is 0 Å². The van der Waals surface area contributed by atoms with Crippen LogP contribution in [0.25, 0.3) is 0 Å². The first-order valence-electron chi connectivity index (χ1n) is 5.88. The molecular weight excluding hydrogens is 310 g/mol. The summed E-state index contributed by atoms with van der Waals surface area (Å²) in [4.78, 5) is 16.1. The summed E-state index contributed by atoms with van der Waals surface area (Å²) in [6.45, 7) is 0. The van der Waals surface area contributed by atoms with E-state index in [1.807, 2.05) is 0 Å². The molecule has 21 heavy (non-hydrogen) atoms. The lowest BCUT2D eigenvalue weighted by molar-refractivity contribution is 0.0977. The highest BCUT2D eigenvalue weighted by molar-refractivity contribution is 7.80. The molecule has 2 rings (SSSR count). The molecule has 2 N–H and O–H groups in total. The van der Waals surface area contributed by atoms with Crippen molar-refractivity contribution in [3.63, 3.8) is 0 Å². The SMILES string of the molecule is COc1ccc(C(=O)NC(=S)Nc2nccs2)cc1OC. The Balaban J connectivity index is 2.04. The quantitative estimate of drug-likeness (QED) is 0.841. The van der Waals surface area contributed by atoms with E-state index in [4.69, 9.17) is 21.7 Å². The van der Waals surface area contributed by atoms with Crippen LogP contribution in [0.15, 0.2) is 29.8 Å². The van der Waals surface area contributed by atoms with Gasteiger partial charge in [0.05, 0.1) is 14.2 Å². The maximum absolute atomic E-state index is 12.1. The van der Waals surface area contributed by atoms with Gasteiger partial charge in [0.15, 0.2) is 21.7 Å². The van der Waals surface area contributed by atoms with E-state index in [0.29, 0.717) is 22.2 Å². The van der Waals surface area contributed by atoms with Crippen molar-refractivity contribution in [1.29, 1.82) is 0 Å². The summed E-state index contributed by atoms with van der Waals surface area (Å²) >= 11 is 6.44. The average Bonchev–Trinajstić information content (AvgIpc) is 2.99. The number of aromatic nitrogens is 1. The molecule has 110 valence electrons. The van der Waals surface area contributed by atoms with E-state index in [2.05, 4.69) is 15.6 Å². The number of ether oxygens (including phenoxy) is 2. The van der Waals surface area contributed by atoms with Gasteiger partial charge in [0.2, 0.25) is 0 Å². The van der Waals surface area contributed by atoms with Gasteiger partial charge in [0.25, 0.3) is 5.91 Å². The van der Waals surface area contributed by atoms with Crippen molar-refractivity contribution in [2.24, 2.45) is 0 Å². The summed E-state index contributed by atoms with van der Waals surface area (Å²) in [5, 5.41) is 8.01. The second kappa shape index (κ2) is 7.00. The van der Waals surface area contributed by atoms with Gasteiger partial charge in [0, 0.05) is 17.1 Å². The number of hydrogen-bond acceptors (Lipinski definition) is 6. The minimum Gasteiger partial charge on any atom is -0.493 e. The van der Waals surface area contributed by atoms with E-state index in [1.165, 1.54) is 25.6 Å². The van der Waals surface area contributed by atoms with Gasteiger partial charge in [0.1, 0.15) is 0 Å². The van der Waals surface area contributed by atoms with E-state index in [-0.39, 0.29) is 11.0 Å². The number of carbonyl (C=O) groups is 1. The van der Waals surface area contributed by atoms with Gasteiger partial charge in [-0.15, -0.1) is 11.3 Å². The van der Waals surface area contributed by atoms with Crippen molar-refractivity contribution in [1.82, 2.24) is 10.3 Å². The fraction of sp³-hybridized carbons (Fsp3) is 0.154. The molecule has 1 aromatic heterocycles. The molecular formula is C13H13N3O3S2. The molecule has 6 nitrogen and oxygen atoms in total. The van der Waals surface area contributed by atoms with Crippen molar-refractivity contribution >= 4 is 39.7 Å². The van der Waals surface area contributed by atoms with Crippen LogP contribution in [-0.2, 0) is 0 Å². The van der Waals surface area contributed by atoms with E-state index in [1.54, 1.807) is 29.8 Å². The lowest BCUT2D eigenvalue weighted by atomic mass is 10.2. The number of thiazole rings is 1. The highest BCUT2D eigenvalue weighted by Gasteiger charge is 2.12. The first-order chi connectivity index (χ1) is 10.1. The van der Waals surface area contributed by atoms with Crippen molar-refractivity contribution in [3.8, 4) is 11.5 Å². The number of thiocarbonyl (C=S) groups is 1. The van der Waals surface area contributed by atoms with Gasteiger partial charge < -0.3 is 14.8 Å². The zero-order valence-electron chi connectivity index (χ0n) is 11.4. The second-order valence-corrected chi connectivity index (χ2v) is 5.12. The van der Waals surface area contributed by atoms with E-state index in [9.17, 15) is 4.79 Å². The van der Waals surface area contributed by atoms with E-state index in [0.717, 1.165) is 0 Å². The molecule has 0 bridgehead atoms. The third-order valence-corrected chi connectivity index (χ3v) is 3.42. The number of nitrogens with one attached hydrogen (secondary N) is 2. The monoisotopic (exact) mass is 323 g/mol. The molecule has 0 atom stereocenters. The van der Waals surface area contributed by atoms with Crippen LogP contribution >= 0.6 is 23.6 Å². The van der Waals surface area contributed by atoms with Crippen molar-refractivity contribution in [2.75, 3.05) is 19.5 Å². The van der Waals surface area contributed by atoms with Crippen molar-refractivity contribution in [3.05, 3.63) is 35.3 Å². The Kier molecular flexibility index (Phi) is 5.07. The van der Waals surface area contributed by atoms with Crippen LogP contribution < -0.4 is 20.1 Å². The first kappa shape index (κ1) is 15.2. The fourth-order valence-corrected chi connectivity index (χ4v) is 2.35. The Morgan fingerprint density at radius 3 is 2.67 bits per heavy atom. The molecule has 0 radical (unpaired) electrons. The Labute approximate surface area is 131 Å². The number of nitrogens with zero attached hydrogens (tertiary/aromatic N) is 1. The zero-order valence-corrected chi connectivity index (χ0v) is 13.0. The third kappa shape index (κ3) is 3.89. The number of amides is 1. The third-order valence-electron chi connectivity index (χ3n) is 2.53. The minimum atomic E-state index is -0.343. The van der Waals surface area contributed by atoms with Gasteiger partial charge in [-0.05, 0) is 30.4 Å². The smallest absolute Gasteiger partial charge is 0.257 e. The summed E-state index contributed by atoms with van der Waals surface area (Å²) in [7, 11) is 3.04. The highest BCUT2D eigenvalue weighted by Crippen LogP contribution is 2.27. The Morgan fingerprint density at radius 2 is 2.05 bits per heavy atom. The van der Waals surface area contributed by atoms with Gasteiger partial charge >= 0.3 is 0 Å². The van der Waals surface area contributed by atoms with Gasteiger partial charge in [-0.25, -0.2) is 4.98 Å². The van der Waals surface area contributed by atoms with Crippen LogP contribution in [0.2, 0.25) is 0 Å². The maximum atomic E-state index is 12.1. The second-order valence-electron chi connectivity index (χ2n) is 3.82. The summed E-state index contributed by atoms with van der Waals surface area (Å²) in [5.74, 6) is 0.687. The summed E-state index contributed by atoms with van der Waals surface area (Å²) < 4.78 is 10.3. The van der Waals surface area contributed by atoms with Crippen molar-refractivity contribution < 1.29 is 14.3 Å². The average molecular weight is 323 g/mol. The Morgan fingerprint density at radius 1 is 1.29 bits per heavy atom. The Hall–Kier alpha value is -2.19. The van der Waals surface area contributed by atoms with Crippen LogP contribution in [0.4, 0.5) is 5.13 Å². The van der Waals surface area contributed by atoms with Crippen LogP contribution in [0, 0.1) is 0 Å². The van der Waals surface area contributed by atoms with E-state index < -0.39 is 0 Å².